The Hall–Kier alpha value is -3.27. The predicted molar refractivity (Wildman–Crippen MR) is 173 cm³/mol. The molecule has 2 aromatic carbocycles. The number of halogens is 1. The van der Waals surface area contributed by atoms with Crippen molar-refractivity contribution < 1.29 is 24.2 Å². The fourth-order valence-corrected chi connectivity index (χ4v) is 8.36. The van der Waals surface area contributed by atoms with Crippen molar-refractivity contribution in [3.8, 4) is 0 Å². The molecule has 9 heteroatoms. The lowest BCUT2D eigenvalue weighted by Gasteiger charge is -2.40. The number of nitrogens with zero attached hydrogens (tertiary/aromatic N) is 3. The van der Waals surface area contributed by atoms with E-state index in [1.807, 2.05) is 74.5 Å². The molecule has 234 valence electrons. The molecule has 5 rings (SSSR count). The minimum Gasteiger partial charge on any atom is -0.394 e. The second kappa shape index (κ2) is 13.4. The molecule has 3 saturated heterocycles. The summed E-state index contributed by atoms with van der Waals surface area (Å²) < 4.78 is 6.76. The van der Waals surface area contributed by atoms with Crippen molar-refractivity contribution in [2.75, 3.05) is 19.7 Å². The summed E-state index contributed by atoms with van der Waals surface area (Å²) in [7, 11) is 0. The van der Waals surface area contributed by atoms with E-state index in [-0.39, 0.29) is 35.2 Å². The molecule has 44 heavy (non-hydrogen) atoms. The zero-order chi connectivity index (χ0) is 31.6. The second-order valence-corrected chi connectivity index (χ2v) is 13.5. The molecular weight excluding hydrogens is 622 g/mol. The van der Waals surface area contributed by atoms with Gasteiger partial charge in [0.1, 0.15) is 11.6 Å². The van der Waals surface area contributed by atoms with E-state index in [4.69, 9.17) is 4.74 Å². The monoisotopic (exact) mass is 663 g/mol. The third kappa shape index (κ3) is 5.66. The summed E-state index contributed by atoms with van der Waals surface area (Å²) in [5, 5.41) is 10.7. The van der Waals surface area contributed by atoms with Crippen LogP contribution in [-0.2, 0) is 32.1 Å². The molecule has 0 aliphatic carbocycles. The van der Waals surface area contributed by atoms with E-state index in [0.29, 0.717) is 32.5 Å². The van der Waals surface area contributed by atoms with Crippen LogP contribution in [0.4, 0.5) is 0 Å². The molecule has 2 bridgehead atoms. The number of hydrogen-bond acceptors (Lipinski definition) is 5. The molecule has 3 aliphatic rings. The van der Waals surface area contributed by atoms with E-state index in [2.05, 4.69) is 29.1 Å². The summed E-state index contributed by atoms with van der Waals surface area (Å²) in [4.78, 5) is 48.5. The maximum Gasteiger partial charge on any atom is 0.248 e. The SMILES string of the molecule is C=CCN(Cc1ccccc1)C(=O)[C@H]1[C@@H]2OC3(CC2Br)C(C(=O)N(CC=C)C(C)C)N([C@@H](CO)Cc2ccccc2)C(=O)[C@H]13. The van der Waals surface area contributed by atoms with Crippen LogP contribution in [0.15, 0.2) is 86.0 Å². The third-order valence-electron chi connectivity index (χ3n) is 9.27. The highest BCUT2D eigenvalue weighted by atomic mass is 79.9. The molecule has 3 heterocycles. The summed E-state index contributed by atoms with van der Waals surface area (Å²) in [6.45, 7) is 12.2. The van der Waals surface area contributed by atoms with Gasteiger partial charge in [-0.2, -0.15) is 0 Å². The first-order valence-corrected chi connectivity index (χ1v) is 16.2. The molecule has 3 unspecified atom stereocenters. The van der Waals surface area contributed by atoms with Crippen LogP contribution in [0.1, 0.15) is 31.4 Å². The van der Waals surface area contributed by atoms with E-state index in [1.54, 1.807) is 26.9 Å². The van der Waals surface area contributed by atoms with Gasteiger partial charge in [-0.25, -0.2) is 0 Å². The van der Waals surface area contributed by atoms with Gasteiger partial charge in [-0.05, 0) is 37.8 Å². The van der Waals surface area contributed by atoms with Crippen molar-refractivity contribution in [1.29, 1.82) is 0 Å². The molecule has 1 spiro atoms. The van der Waals surface area contributed by atoms with Crippen LogP contribution in [0.2, 0.25) is 0 Å². The Kier molecular flexibility index (Phi) is 9.77. The molecule has 3 amide bonds. The topological polar surface area (TPSA) is 90.4 Å². The van der Waals surface area contributed by atoms with Crippen LogP contribution in [-0.4, -0.2) is 91.9 Å². The van der Waals surface area contributed by atoms with Gasteiger partial charge >= 0.3 is 0 Å². The molecule has 1 N–H and O–H groups in total. The van der Waals surface area contributed by atoms with E-state index >= 15 is 0 Å². The molecule has 0 radical (unpaired) electrons. The molecule has 0 saturated carbocycles. The zero-order valence-corrected chi connectivity index (χ0v) is 27.0. The lowest BCUT2D eigenvalue weighted by molar-refractivity contribution is -0.152. The van der Waals surface area contributed by atoms with Crippen molar-refractivity contribution in [1.82, 2.24) is 14.7 Å². The summed E-state index contributed by atoms with van der Waals surface area (Å²) in [6.07, 6.45) is 3.53. The number of rotatable bonds is 13. The molecular formula is C35H42BrN3O5. The number of alkyl halides is 1. The van der Waals surface area contributed by atoms with E-state index in [0.717, 1.165) is 11.1 Å². The van der Waals surface area contributed by atoms with Gasteiger partial charge in [0, 0.05) is 30.5 Å². The quantitative estimate of drug-likeness (QED) is 0.259. The number of likely N-dealkylation sites (tertiary alicyclic amines) is 1. The molecule has 3 fully saturated rings. The molecule has 0 aromatic heterocycles. The first-order valence-electron chi connectivity index (χ1n) is 15.3. The predicted octanol–water partition coefficient (Wildman–Crippen LogP) is 3.98. The number of amides is 3. The largest absolute Gasteiger partial charge is 0.394 e. The molecule has 2 aromatic rings. The minimum absolute atomic E-state index is 0.167. The second-order valence-electron chi connectivity index (χ2n) is 12.3. The van der Waals surface area contributed by atoms with Gasteiger partial charge < -0.3 is 24.5 Å². The summed E-state index contributed by atoms with van der Waals surface area (Å²) in [6, 6.07) is 17.5. The van der Waals surface area contributed by atoms with Gasteiger partial charge in [0.05, 0.1) is 30.6 Å². The van der Waals surface area contributed by atoms with Crippen LogP contribution in [0.25, 0.3) is 0 Å². The van der Waals surface area contributed by atoms with Crippen LogP contribution >= 0.6 is 15.9 Å². The highest BCUT2D eigenvalue weighted by molar-refractivity contribution is 9.09. The van der Waals surface area contributed by atoms with E-state index < -0.39 is 35.6 Å². The van der Waals surface area contributed by atoms with Crippen molar-refractivity contribution in [3.63, 3.8) is 0 Å². The molecule has 8 nitrogen and oxygen atoms in total. The van der Waals surface area contributed by atoms with Gasteiger partial charge in [0.25, 0.3) is 0 Å². The number of carbonyl (C=O) groups excluding carboxylic acids is 3. The Balaban J connectivity index is 1.58. The highest BCUT2D eigenvalue weighted by Gasteiger charge is 2.77. The lowest BCUT2D eigenvalue weighted by atomic mass is 9.70. The maximum absolute atomic E-state index is 14.7. The van der Waals surface area contributed by atoms with Gasteiger partial charge in [0.2, 0.25) is 17.7 Å². The highest BCUT2D eigenvalue weighted by Crippen LogP contribution is 2.61. The summed E-state index contributed by atoms with van der Waals surface area (Å²) in [5.74, 6) is -2.45. The van der Waals surface area contributed by atoms with E-state index in [9.17, 15) is 19.5 Å². The van der Waals surface area contributed by atoms with E-state index in [1.165, 1.54) is 0 Å². The Morgan fingerprint density at radius 3 is 2.23 bits per heavy atom. The Bertz CT molecular complexity index is 1370. The standard InChI is InChI=1S/C35H42BrN3O5/c1-5-17-37(21-25-15-11-8-12-16-25)32(41)28-29-33(42)39(26(22-40)19-24-13-9-7-10-14-24)31(34(43)38(18-6-2)23(3)4)35(29)20-27(36)30(28)44-35/h5-16,23,26-31,40H,1-2,17-22H2,3-4H3/t26-,27?,28-,29+,30-,31?,35?/m1/s1. The molecule has 7 atom stereocenters. The molecule has 3 aliphatic heterocycles. The number of ether oxygens (including phenoxy) is 1. The minimum atomic E-state index is -1.22. The Labute approximate surface area is 268 Å². The number of aliphatic hydroxyl groups excluding tert-OH is 1. The number of fused-ring (bicyclic) bond motifs is 1. The van der Waals surface area contributed by atoms with Crippen molar-refractivity contribution in [2.45, 2.75) is 67.9 Å². The fraction of sp³-hybridized carbons (Fsp3) is 0.457. The van der Waals surface area contributed by atoms with Gasteiger partial charge in [-0.1, -0.05) is 88.7 Å². The van der Waals surface area contributed by atoms with Gasteiger partial charge in [0.15, 0.2) is 0 Å². The Morgan fingerprint density at radius 1 is 1.05 bits per heavy atom. The van der Waals surface area contributed by atoms with Crippen molar-refractivity contribution >= 4 is 33.7 Å². The van der Waals surface area contributed by atoms with Gasteiger partial charge in [-0.3, -0.25) is 14.4 Å². The number of carbonyl (C=O) groups is 3. The van der Waals surface area contributed by atoms with Crippen LogP contribution in [0, 0.1) is 11.8 Å². The third-order valence-corrected chi connectivity index (χ3v) is 10.1. The van der Waals surface area contributed by atoms with Crippen molar-refractivity contribution in [2.24, 2.45) is 11.8 Å². The fourth-order valence-electron chi connectivity index (χ4n) is 7.41. The van der Waals surface area contributed by atoms with Crippen LogP contribution < -0.4 is 0 Å². The summed E-state index contributed by atoms with van der Waals surface area (Å²) in [5.41, 5.74) is 0.672. The zero-order valence-electron chi connectivity index (χ0n) is 25.4. The van der Waals surface area contributed by atoms with Crippen LogP contribution in [0.5, 0.6) is 0 Å². The lowest BCUT2D eigenvalue weighted by Crippen LogP contribution is -2.60. The smallest absolute Gasteiger partial charge is 0.248 e. The number of aliphatic hydroxyl groups is 1. The first kappa shape index (κ1) is 32.1. The normalized spacial score (nSPS) is 27.7. The number of hydrogen-bond donors (Lipinski definition) is 1. The maximum atomic E-state index is 14.7. The average molecular weight is 665 g/mol. The first-order chi connectivity index (χ1) is 21.2. The van der Waals surface area contributed by atoms with Gasteiger partial charge in [-0.15, -0.1) is 13.2 Å². The van der Waals surface area contributed by atoms with Crippen LogP contribution in [0.3, 0.4) is 0 Å². The van der Waals surface area contributed by atoms with Crippen molar-refractivity contribution in [3.05, 3.63) is 97.1 Å². The summed E-state index contributed by atoms with van der Waals surface area (Å²) >= 11 is 3.78. The average Bonchev–Trinajstić information content (AvgIpc) is 3.62. The Morgan fingerprint density at radius 2 is 1.66 bits per heavy atom. The number of benzene rings is 2.